The number of nitrogens with one attached hydrogen (secondary N) is 1. The Balaban J connectivity index is 1.59. The number of aromatic nitrogens is 2. The second-order valence-corrected chi connectivity index (χ2v) is 6.28. The molecule has 0 radical (unpaired) electrons. The van der Waals surface area contributed by atoms with Gasteiger partial charge in [0, 0.05) is 31.2 Å². The van der Waals surface area contributed by atoms with Crippen LogP contribution in [-0.4, -0.2) is 37.1 Å². The zero-order valence-electron chi connectivity index (χ0n) is 15.2. The molecule has 0 fully saturated rings. The Morgan fingerprint density at radius 1 is 1.04 bits per heavy atom. The molecule has 2 aromatic heterocycles. The van der Waals surface area contributed by atoms with E-state index >= 15 is 0 Å². The first kappa shape index (κ1) is 16.8. The van der Waals surface area contributed by atoms with Crippen molar-refractivity contribution in [1.82, 2.24) is 9.97 Å². The zero-order valence-corrected chi connectivity index (χ0v) is 15.2. The highest BCUT2D eigenvalue weighted by Crippen LogP contribution is 2.24. The van der Waals surface area contributed by atoms with Crippen molar-refractivity contribution in [3.05, 3.63) is 54.2 Å². The predicted molar refractivity (Wildman–Crippen MR) is 105 cm³/mol. The van der Waals surface area contributed by atoms with E-state index in [4.69, 9.17) is 9.15 Å². The molecule has 0 aliphatic carbocycles. The van der Waals surface area contributed by atoms with Gasteiger partial charge < -0.3 is 19.4 Å². The highest BCUT2D eigenvalue weighted by molar-refractivity contribution is 6.04. The summed E-state index contributed by atoms with van der Waals surface area (Å²) >= 11 is 0. The molecule has 2 aromatic carbocycles. The number of fused-ring (bicyclic) bond motifs is 2. The van der Waals surface area contributed by atoms with Crippen LogP contribution in [-0.2, 0) is 0 Å². The van der Waals surface area contributed by atoms with Gasteiger partial charge in [0.1, 0.15) is 17.0 Å². The van der Waals surface area contributed by atoms with E-state index < -0.39 is 0 Å². The van der Waals surface area contributed by atoms with Crippen LogP contribution in [0.15, 0.2) is 52.9 Å². The number of carbonyl (C=O) groups is 1. The van der Waals surface area contributed by atoms with Crippen molar-refractivity contribution in [2.75, 3.05) is 31.4 Å². The van der Waals surface area contributed by atoms with Crippen LogP contribution in [0.25, 0.3) is 22.0 Å². The number of ether oxygens (including phenoxy) is 1. The minimum atomic E-state index is -0.292. The average Bonchev–Trinajstić information content (AvgIpc) is 3.11. The van der Waals surface area contributed by atoms with Gasteiger partial charge in [0.25, 0.3) is 11.9 Å². The Morgan fingerprint density at radius 3 is 2.63 bits per heavy atom. The van der Waals surface area contributed by atoms with Gasteiger partial charge in [0.2, 0.25) is 0 Å². The van der Waals surface area contributed by atoms with Crippen LogP contribution in [0.2, 0.25) is 0 Å². The summed E-state index contributed by atoms with van der Waals surface area (Å²) in [7, 11) is 5.33. The lowest BCUT2D eigenvalue weighted by molar-refractivity contribution is 0.102. The highest BCUT2D eigenvalue weighted by Gasteiger charge is 2.12. The molecule has 1 amide bonds. The lowest BCUT2D eigenvalue weighted by Crippen LogP contribution is -2.13. The first-order valence-electron chi connectivity index (χ1n) is 8.37. The van der Waals surface area contributed by atoms with Gasteiger partial charge >= 0.3 is 0 Å². The van der Waals surface area contributed by atoms with E-state index in [1.54, 1.807) is 30.2 Å². The number of anilines is 2. The van der Waals surface area contributed by atoms with E-state index in [1.165, 1.54) is 0 Å². The number of benzene rings is 2. The molecule has 0 atom stereocenters. The first-order chi connectivity index (χ1) is 13.0. The fraction of sp³-hybridized carbons (Fsp3) is 0.150. The SMILES string of the molecule is COc1ccc2nc(C(=O)Nc3ccc4nc(N(C)C)oc4c3)ccc2c1. The van der Waals surface area contributed by atoms with Gasteiger partial charge in [-0.05, 0) is 36.4 Å². The van der Waals surface area contributed by atoms with Crippen molar-refractivity contribution in [2.45, 2.75) is 0 Å². The summed E-state index contributed by atoms with van der Waals surface area (Å²) in [4.78, 5) is 23.2. The number of oxazole rings is 1. The average molecular weight is 362 g/mol. The van der Waals surface area contributed by atoms with Gasteiger partial charge in [-0.2, -0.15) is 4.98 Å². The summed E-state index contributed by atoms with van der Waals surface area (Å²) in [5, 5.41) is 3.76. The maximum atomic E-state index is 12.6. The van der Waals surface area contributed by atoms with Crippen LogP contribution in [0, 0.1) is 0 Å². The molecular weight excluding hydrogens is 344 g/mol. The van der Waals surface area contributed by atoms with Gasteiger partial charge in [-0.25, -0.2) is 4.98 Å². The summed E-state index contributed by atoms with van der Waals surface area (Å²) in [5.74, 6) is 0.457. The second-order valence-electron chi connectivity index (χ2n) is 6.28. The molecule has 1 N–H and O–H groups in total. The van der Waals surface area contributed by atoms with Crippen molar-refractivity contribution in [3.63, 3.8) is 0 Å². The number of amides is 1. The van der Waals surface area contributed by atoms with Crippen molar-refractivity contribution in [1.29, 1.82) is 0 Å². The molecule has 0 spiro atoms. The lowest BCUT2D eigenvalue weighted by atomic mass is 10.2. The van der Waals surface area contributed by atoms with Crippen LogP contribution >= 0.6 is 0 Å². The molecule has 2 heterocycles. The Hall–Kier alpha value is -3.61. The molecule has 0 saturated carbocycles. The number of hydrogen-bond donors (Lipinski definition) is 1. The number of hydrogen-bond acceptors (Lipinski definition) is 6. The molecule has 0 bridgehead atoms. The Bertz CT molecular complexity index is 1150. The maximum absolute atomic E-state index is 12.6. The van der Waals surface area contributed by atoms with Crippen LogP contribution in [0.4, 0.5) is 11.7 Å². The molecule has 7 nitrogen and oxygen atoms in total. The second kappa shape index (κ2) is 6.60. The smallest absolute Gasteiger partial charge is 0.297 e. The number of carbonyl (C=O) groups excluding carboxylic acids is 1. The normalized spacial score (nSPS) is 10.9. The number of methoxy groups -OCH3 is 1. The maximum Gasteiger partial charge on any atom is 0.297 e. The third kappa shape index (κ3) is 3.27. The van der Waals surface area contributed by atoms with Crippen LogP contribution in [0.1, 0.15) is 10.5 Å². The van der Waals surface area contributed by atoms with E-state index in [2.05, 4.69) is 15.3 Å². The van der Waals surface area contributed by atoms with Crippen LogP contribution < -0.4 is 15.0 Å². The molecule has 0 aliphatic heterocycles. The molecule has 136 valence electrons. The van der Waals surface area contributed by atoms with Crippen molar-refractivity contribution in [2.24, 2.45) is 0 Å². The number of pyridine rings is 1. The third-order valence-corrected chi connectivity index (χ3v) is 4.15. The summed E-state index contributed by atoms with van der Waals surface area (Å²) in [5.41, 5.74) is 3.01. The zero-order chi connectivity index (χ0) is 19.0. The fourth-order valence-electron chi connectivity index (χ4n) is 2.73. The van der Waals surface area contributed by atoms with Gasteiger partial charge in [-0.15, -0.1) is 0 Å². The Morgan fingerprint density at radius 2 is 1.85 bits per heavy atom. The molecule has 0 aliphatic rings. The van der Waals surface area contributed by atoms with E-state index in [1.807, 2.05) is 44.4 Å². The van der Waals surface area contributed by atoms with Gasteiger partial charge in [-0.3, -0.25) is 4.79 Å². The largest absolute Gasteiger partial charge is 0.497 e. The quantitative estimate of drug-likeness (QED) is 0.596. The van der Waals surface area contributed by atoms with Crippen molar-refractivity contribution >= 4 is 39.6 Å². The van der Waals surface area contributed by atoms with E-state index in [9.17, 15) is 4.79 Å². The highest BCUT2D eigenvalue weighted by atomic mass is 16.5. The topological polar surface area (TPSA) is 80.5 Å². The van der Waals surface area contributed by atoms with Gasteiger partial charge in [0.05, 0.1) is 12.6 Å². The molecule has 27 heavy (non-hydrogen) atoms. The molecular formula is C20H18N4O3. The fourth-order valence-corrected chi connectivity index (χ4v) is 2.73. The Labute approximate surface area is 155 Å². The summed E-state index contributed by atoms with van der Waals surface area (Å²) in [6.45, 7) is 0. The predicted octanol–water partition coefficient (Wildman–Crippen LogP) is 3.70. The number of nitrogens with zero attached hydrogens (tertiary/aromatic N) is 3. The van der Waals surface area contributed by atoms with Crippen LogP contribution in [0.5, 0.6) is 5.75 Å². The molecule has 4 aromatic rings. The van der Waals surface area contributed by atoms with Crippen LogP contribution in [0.3, 0.4) is 0 Å². The summed E-state index contributed by atoms with van der Waals surface area (Å²) in [6, 6.07) is 14.9. The molecule has 7 heteroatoms. The Kier molecular flexibility index (Phi) is 4.12. The minimum Gasteiger partial charge on any atom is -0.497 e. The molecule has 0 saturated heterocycles. The van der Waals surface area contributed by atoms with Gasteiger partial charge in [0.15, 0.2) is 5.58 Å². The first-order valence-corrected chi connectivity index (χ1v) is 8.37. The van der Waals surface area contributed by atoms with E-state index in [-0.39, 0.29) is 5.91 Å². The minimum absolute atomic E-state index is 0.292. The van der Waals surface area contributed by atoms with Crippen molar-refractivity contribution < 1.29 is 13.9 Å². The van der Waals surface area contributed by atoms with E-state index in [0.29, 0.717) is 23.0 Å². The third-order valence-electron chi connectivity index (χ3n) is 4.15. The van der Waals surface area contributed by atoms with Crippen molar-refractivity contribution in [3.8, 4) is 5.75 Å². The monoisotopic (exact) mass is 362 g/mol. The van der Waals surface area contributed by atoms with Gasteiger partial charge in [-0.1, -0.05) is 6.07 Å². The molecule has 4 rings (SSSR count). The molecule has 0 unspecified atom stereocenters. The summed E-state index contributed by atoms with van der Waals surface area (Å²) in [6.07, 6.45) is 0. The standard InChI is InChI=1S/C20H18N4O3/c1-24(2)20-23-16-8-5-13(11-18(16)27-20)21-19(25)17-7-4-12-10-14(26-3)6-9-15(12)22-17/h4-11H,1-3H3,(H,21,25). The van der Waals surface area contributed by atoms with E-state index in [0.717, 1.165) is 22.2 Å². The lowest BCUT2D eigenvalue weighted by Gasteiger charge is -2.06. The number of rotatable bonds is 4. The summed E-state index contributed by atoms with van der Waals surface area (Å²) < 4.78 is 10.9.